The van der Waals surface area contributed by atoms with Crippen LogP contribution < -0.4 is 5.32 Å². The van der Waals surface area contributed by atoms with Crippen molar-refractivity contribution in [2.75, 3.05) is 11.1 Å². The summed E-state index contributed by atoms with van der Waals surface area (Å²) in [6.45, 7) is 0. The molecule has 1 amide bonds. The Bertz CT molecular complexity index is 1110. The van der Waals surface area contributed by atoms with Crippen LogP contribution in [0.3, 0.4) is 0 Å². The lowest BCUT2D eigenvalue weighted by molar-refractivity contribution is -0.138. The Morgan fingerprint density at radius 2 is 1.77 bits per heavy atom. The van der Waals surface area contributed by atoms with Crippen molar-refractivity contribution < 1.29 is 22.4 Å². The summed E-state index contributed by atoms with van der Waals surface area (Å²) in [6, 6.07) is 16.0. The molecular formula is C21H13F4N3OS. The molecule has 0 spiro atoms. The van der Waals surface area contributed by atoms with Crippen molar-refractivity contribution in [1.29, 1.82) is 5.26 Å². The molecule has 30 heavy (non-hydrogen) atoms. The molecule has 1 N–H and O–H groups in total. The minimum Gasteiger partial charge on any atom is -0.323 e. The lowest BCUT2D eigenvalue weighted by Gasteiger charge is -2.14. The predicted octanol–water partition coefficient (Wildman–Crippen LogP) is 5.51. The molecule has 0 aliphatic heterocycles. The molecule has 1 heterocycles. The van der Waals surface area contributed by atoms with Crippen LogP contribution in [0.15, 0.2) is 65.7 Å². The molecular weight excluding hydrogens is 418 g/mol. The van der Waals surface area contributed by atoms with Crippen LogP contribution >= 0.6 is 11.8 Å². The van der Waals surface area contributed by atoms with Crippen LogP contribution in [0.4, 0.5) is 23.2 Å². The number of nitriles is 1. The van der Waals surface area contributed by atoms with Gasteiger partial charge in [-0.15, -0.1) is 0 Å². The highest BCUT2D eigenvalue weighted by atomic mass is 32.2. The summed E-state index contributed by atoms with van der Waals surface area (Å²) in [7, 11) is 0. The molecule has 0 atom stereocenters. The maximum Gasteiger partial charge on any atom is 0.417 e. The first-order chi connectivity index (χ1) is 14.3. The Balaban J connectivity index is 1.92. The summed E-state index contributed by atoms with van der Waals surface area (Å²) < 4.78 is 54.3. The van der Waals surface area contributed by atoms with E-state index in [-0.39, 0.29) is 22.2 Å². The fraction of sp³-hybridized carbons (Fsp3) is 0.0952. The van der Waals surface area contributed by atoms with Crippen molar-refractivity contribution in [1.82, 2.24) is 4.98 Å². The van der Waals surface area contributed by atoms with Gasteiger partial charge in [-0.2, -0.15) is 18.4 Å². The van der Waals surface area contributed by atoms with Gasteiger partial charge >= 0.3 is 6.18 Å². The van der Waals surface area contributed by atoms with Crippen molar-refractivity contribution in [2.24, 2.45) is 0 Å². The highest BCUT2D eigenvalue weighted by Crippen LogP contribution is 2.37. The van der Waals surface area contributed by atoms with Gasteiger partial charge in [0.25, 0.3) is 0 Å². The Morgan fingerprint density at radius 1 is 1.10 bits per heavy atom. The van der Waals surface area contributed by atoms with E-state index in [9.17, 15) is 27.6 Å². The number of hydrogen-bond donors (Lipinski definition) is 1. The van der Waals surface area contributed by atoms with E-state index in [1.807, 2.05) is 0 Å². The van der Waals surface area contributed by atoms with Crippen LogP contribution in [0, 0.1) is 17.1 Å². The lowest BCUT2D eigenvalue weighted by Crippen LogP contribution is -2.16. The van der Waals surface area contributed by atoms with Crippen LogP contribution in [0.25, 0.3) is 11.3 Å². The summed E-state index contributed by atoms with van der Waals surface area (Å²) >= 11 is 0.676. The maximum atomic E-state index is 13.7. The number of para-hydroxylation sites is 1. The number of anilines is 1. The topological polar surface area (TPSA) is 65.8 Å². The molecule has 2 aromatic carbocycles. The molecule has 3 aromatic rings. The first kappa shape index (κ1) is 21.3. The number of halogens is 4. The molecule has 152 valence electrons. The Labute approximate surface area is 173 Å². The van der Waals surface area contributed by atoms with Gasteiger partial charge in [-0.25, -0.2) is 9.37 Å². The molecule has 9 heteroatoms. The average molecular weight is 431 g/mol. The zero-order valence-electron chi connectivity index (χ0n) is 15.2. The SMILES string of the molecule is N#Cc1c(C(F)(F)F)cc(-c2ccccc2)nc1SCC(=O)Nc1ccccc1F. The quantitative estimate of drug-likeness (QED) is 0.427. The monoisotopic (exact) mass is 431 g/mol. The highest BCUT2D eigenvalue weighted by molar-refractivity contribution is 8.00. The number of aromatic nitrogens is 1. The largest absolute Gasteiger partial charge is 0.417 e. The van der Waals surface area contributed by atoms with E-state index in [0.29, 0.717) is 17.3 Å². The number of nitrogens with one attached hydrogen (secondary N) is 1. The summed E-state index contributed by atoms with van der Waals surface area (Å²) in [5, 5.41) is 11.4. The molecule has 0 aliphatic rings. The summed E-state index contributed by atoms with van der Waals surface area (Å²) in [6.07, 6.45) is -4.78. The van der Waals surface area contributed by atoms with Gasteiger partial charge in [0.1, 0.15) is 16.9 Å². The lowest BCUT2D eigenvalue weighted by atomic mass is 10.1. The second-order valence-corrected chi connectivity index (χ2v) is 6.99. The van der Waals surface area contributed by atoms with Crippen LogP contribution in [0.2, 0.25) is 0 Å². The van der Waals surface area contributed by atoms with Crippen molar-refractivity contribution in [3.63, 3.8) is 0 Å². The van der Waals surface area contributed by atoms with E-state index in [1.165, 1.54) is 24.3 Å². The van der Waals surface area contributed by atoms with Crippen molar-refractivity contribution in [3.8, 4) is 17.3 Å². The Kier molecular flexibility index (Phi) is 6.37. The van der Waals surface area contributed by atoms with E-state index in [1.54, 1.807) is 30.3 Å². The van der Waals surface area contributed by atoms with Gasteiger partial charge in [-0.05, 0) is 18.2 Å². The van der Waals surface area contributed by atoms with Gasteiger partial charge in [0.2, 0.25) is 5.91 Å². The van der Waals surface area contributed by atoms with Gasteiger partial charge in [0.15, 0.2) is 0 Å². The van der Waals surface area contributed by atoms with Gasteiger partial charge in [0.05, 0.1) is 28.3 Å². The number of benzene rings is 2. The van der Waals surface area contributed by atoms with Gasteiger partial charge in [-0.1, -0.05) is 54.2 Å². The number of amides is 1. The van der Waals surface area contributed by atoms with Crippen LogP contribution in [0.5, 0.6) is 0 Å². The number of alkyl halides is 3. The number of carbonyl (C=O) groups excluding carboxylic acids is 1. The first-order valence-corrected chi connectivity index (χ1v) is 9.53. The Hall–Kier alpha value is -3.38. The summed E-state index contributed by atoms with van der Waals surface area (Å²) in [5.74, 6) is -1.64. The number of hydrogen-bond acceptors (Lipinski definition) is 4. The number of nitrogens with zero attached hydrogens (tertiary/aromatic N) is 2. The van der Waals surface area contributed by atoms with E-state index in [2.05, 4.69) is 10.3 Å². The van der Waals surface area contributed by atoms with Crippen LogP contribution in [-0.2, 0) is 11.0 Å². The van der Waals surface area contributed by atoms with Gasteiger partial charge < -0.3 is 5.32 Å². The molecule has 0 fully saturated rings. The minimum absolute atomic E-state index is 0.0268. The Morgan fingerprint density at radius 3 is 2.40 bits per heavy atom. The smallest absolute Gasteiger partial charge is 0.323 e. The average Bonchev–Trinajstić information content (AvgIpc) is 2.73. The number of rotatable bonds is 5. The van der Waals surface area contributed by atoms with Crippen molar-refractivity contribution in [2.45, 2.75) is 11.2 Å². The van der Waals surface area contributed by atoms with Gasteiger partial charge in [-0.3, -0.25) is 4.79 Å². The normalized spacial score (nSPS) is 11.0. The van der Waals surface area contributed by atoms with E-state index >= 15 is 0 Å². The van der Waals surface area contributed by atoms with E-state index < -0.39 is 29.0 Å². The van der Waals surface area contributed by atoms with Gasteiger partial charge in [0, 0.05) is 5.56 Å². The first-order valence-electron chi connectivity index (χ1n) is 8.54. The third-order valence-electron chi connectivity index (χ3n) is 3.96. The van der Waals surface area contributed by atoms with Crippen LogP contribution in [0.1, 0.15) is 11.1 Å². The summed E-state index contributed by atoms with van der Waals surface area (Å²) in [4.78, 5) is 16.3. The third-order valence-corrected chi connectivity index (χ3v) is 4.94. The van der Waals surface area contributed by atoms with E-state index in [0.717, 1.165) is 12.1 Å². The second kappa shape index (κ2) is 8.97. The van der Waals surface area contributed by atoms with Crippen molar-refractivity contribution >= 4 is 23.4 Å². The molecule has 0 saturated carbocycles. The molecule has 0 saturated heterocycles. The van der Waals surface area contributed by atoms with Crippen molar-refractivity contribution in [3.05, 3.63) is 77.6 Å². The van der Waals surface area contributed by atoms with E-state index in [4.69, 9.17) is 0 Å². The number of carbonyl (C=O) groups is 1. The minimum atomic E-state index is -4.78. The predicted molar refractivity (Wildman–Crippen MR) is 105 cm³/mol. The molecule has 4 nitrogen and oxygen atoms in total. The zero-order valence-corrected chi connectivity index (χ0v) is 16.0. The zero-order chi connectivity index (χ0) is 21.7. The molecule has 0 aliphatic carbocycles. The fourth-order valence-corrected chi connectivity index (χ4v) is 3.40. The number of pyridine rings is 1. The maximum absolute atomic E-state index is 13.7. The molecule has 3 rings (SSSR count). The highest BCUT2D eigenvalue weighted by Gasteiger charge is 2.36. The molecule has 0 radical (unpaired) electrons. The van der Waals surface area contributed by atoms with Crippen LogP contribution in [-0.4, -0.2) is 16.6 Å². The third kappa shape index (κ3) is 4.96. The second-order valence-electron chi connectivity index (χ2n) is 6.03. The standard InChI is InChI=1S/C21H13F4N3OS/c22-16-8-4-5-9-17(16)27-19(29)12-30-20-14(11-26)15(21(23,24)25)10-18(28-20)13-6-2-1-3-7-13/h1-10H,12H2,(H,27,29). The molecule has 1 aromatic heterocycles. The summed E-state index contributed by atoms with van der Waals surface area (Å²) in [5.41, 5.74) is -1.38. The number of thioether (sulfide) groups is 1. The molecule has 0 bridgehead atoms. The fourth-order valence-electron chi connectivity index (χ4n) is 2.60. The molecule has 0 unspecified atom stereocenters.